The first-order valence-electron chi connectivity index (χ1n) is 7.40. The van der Waals surface area contributed by atoms with Crippen LogP contribution in [0.4, 0.5) is 0 Å². The molecule has 0 aromatic carbocycles. The summed E-state index contributed by atoms with van der Waals surface area (Å²) in [5.41, 5.74) is 0. The predicted octanol–water partition coefficient (Wildman–Crippen LogP) is 0.845. The van der Waals surface area contributed by atoms with Crippen molar-refractivity contribution in [1.29, 1.82) is 0 Å². The molecule has 1 aliphatic heterocycles. The first-order valence-corrected chi connectivity index (χ1v) is 7.40. The van der Waals surface area contributed by atoms with Gasteiger partial charge >= 0.3 is 0 Å². The standard InChI is InChI=1S/C14H28O5/c1-2-3-4-5-6-7-8-18-14-12(17)10-19-13(14)11(16)9-15/h11-17H,2-10H2,1H3/t11-,12+,13+,14+/m1/s1. The van der Waals surface area contributed by atoms with E-state index in [0.717, 1.165) is 12.8 Å². The molecule has 5 nitrogen and oxygen atoms in total. The molecule has 1 saturated heterocycles. The highest BCUT2D eigenvalue weighted by Crippen LogP contribution is 2.21. The maximum atomic E-state index is 9.73. The van der Waals surface area contributed by atoms with Crippen LogP contribution in [0.1, 0.15) is 45.4 Å². The molecule has 0 spiro atoms. The van der Waals surface area contributed by atoms with Gasteiger partial charge in [0, 0.05) is 6.61 Å². The molecule has 114 valence electrons. The Labute approximate surface area is 115 Å². The van der Waals surface area contributed by atoms with Gasteiger partial charge in [0.15, 0.2) is 0 Å². The summed E-state index contributed by atoms with van der Waals surface area (Å²) in [4.78, 5) is 0. The van der Waals surface area contributed by atoms with Crippen LogP contribution in [-0.2, 0) is 9.47 Å². The monoisotopic (exact) mass is 276 g/mol. The zero-order chi connectivity index (χ0) is 14.1. The van der Waals surface area contributed by atoms with Gasteiger partial charge < -0.3 is 24.8 Å². The van der Waals surface area contributed by atoms with E-state index in [-0.39, 0.29) is 13.2 Å². The van der Waals surface area contributed by atoms with E-state index in [4.69, 9.17) is 14.6 Å². The normalized spacial score (nSPS) is 28.7. The van der Waals surface area contributed by atoms with Crippen molar-refractivity contribution < 1.29 is 24.8 Å². The largest absolute Gasteiger partial charge is 0.394 e. The minimum absolute atomic E-state index is 0.156. The third-order valence-corrected chi connectivity index (χ3v) is 3.54. The van der Waals surface area contributed by atoms with E-state index < -0.39 is 24.4 Å². The molecule has 1 aliphatic rings. The van der Waals surface area contributed by atoms with Crippen LogP contribution in [-0.4, -0.2) is 59.6 Å². The number of hydrogen-bond donors (Lipinski definition) is 3. The molecule has 0 saturated carbocycles. The number of aliphatic hydroxyl groups is 3. The number of aliphatic hydroxyl groups excluding tert-OH is 3. The van der Waals surface area contributed by atoms with Crippen molar-refractivity contribution in [3.63, 3.8) is 0 Å². The molecule has 0 bridgehead atoms. The van der Waals surface area contributed by atoms with Crippen LogP contribution in [0, 0.1) is 0 Å². The Morgan fingerprint density at radius 3 is 2.58 bits per heavy atom. The first-order chi connectivity index (χ1) is 9.20. The Hall–Kier alpha value is -0.200. The third-order valence-electron chi connectivity index (χ3n) is 3.54. The number of hydrogen-bond acceptors (Lipinski definition) is 5. The van der Waals surface area contributed by atoms with Crippen LogP contribution in [0.15, 0.2) is 0 Å². The molecule has 3 N–H and O–H groups in total. The lowest BCUT2D eigenvalue weighted by atomic mass is 10.1. The molecule has 5 heteroatoms. The average Bonchev–Trinajstić information content (AvgIpc) is 2.78. The highest BCUT2D eigenvalue weighted by atomic mass is 16.6. The van der Waals surface area contributed by atoms with Crippen LogP contribution in [0.5, 0.6) is 0 Å². The van der Waals surface area contributed by atoms with Crippen molar-refractivity contribution in [3.8, 4) is 0 Å². The number of rotatable bonds is 10. The van der Waals surface area contributed by atoms with Gasteiger partial charge in [0.05, 0.1) is 13.2 Å². The lowest BCUT2D eigenvalue weighted by Gasteiger charge is -2.23. The minimum atomic E-state index is -0.994. The van der Waals surface area contributed by atoms with E-state index in [2.05, 4.69) is 6.92 Å². The van der Waals surface area contributed by atoms with E-state index in [1.807, 2.05) is 0 Å². The molecule has 1 rings (SSSR count). The Bertz CT molecular complexity index is 224. The van der Waals surface area contributed by atoms with E-state index in [1.54, 1.807) is 0 Å². The molecular weight excluding hydrogens is 248 g/mol. The zero-order valence-electron chi connectivity index (χ0n) is 11.8. The van der Waals surface area contributed by atoms with Gasteiger partial charge in [-0.2, -0.15) is 0 Å². The van der Waals surface area contributed by atoms with E-state index in [1.165, 1.54) is 25.7 Å². The van der Waals surface area contributed by atoms with Crippen LogP contribution in [0.25, 0.3) is 0 Å². The Morgan fingerprint density at radius 2 is 1.89 bits per heavy atom. The predicted molar refractivity (Wildman–Crippen MR) is 72.0 cm³/mol. The van der Waals surface area contributed by atoms with Crippen molar-refractivity contribution in [1.82, 2.24) is 0 Å². The van der Waals surface area contributed by atoms with Crippen molar-refractivity contribution in [2.24, 2.45) is 0 Å². The summed E-state index contributed by atoms with van der Waals surface area (Å²) < 4.78 is 10.9. The van der Waals surface area contributed by atoms with Crippen LogP contribution in [0.2, 0.25) is 0 Å². The van der Waals surface area contributed by atoms with Crippen molar-refractivity contribution >= 4 is 0 Å². The molecular formula is C14H28O5. The summed E-state index contributed by atoms with van der Waals surface area (Å²) in [6.45, 7) is 2.53. The second-order valence-electron chi connectivity index (χ2n) is 5.22. The summed E-state index contributed by atoms with van der Waals surface area (Å²) in [7, 11) is 0. The Balaban J connectivity index is 2.15. The van der Waals surface area contributed by atoms with Gasteiger partial charge in [-0.1, -0.05) is 39.0 Å². The van der Waals surface area contributed by atoms with Gasteiger partial charge in [0.1, 0.15) is 24.4 Å². The summed E-state index contributed by atoms with van der Waals surface area (Å²) in [6.07, 6.45) is 4.20. The van der Waals surface area contributed by atoms with Crippen molar-refractivity contribution in [3.05, 3.63) is 0 Å². The molecule has 1 fully saturated rings. The number of ether oxygens (including phenoxy) is 2. The maximum absolute atomic E-state index is 9.73. The second-order valence-corrected chi connectivity index (χ2v) is 5.22. The molecule has 0 aliphatic carbocycles. The van der Waals surface area contributed by atoms with Crippen LogP contribution >= 0.6 is 0 Å². The van der Waals surface area contributed by atoms with Crippen molar-refractivity contribution in [2.45, 2.75) is 69.9 Å². The lowest BCUT2D eigenvalue weighted by molar-refractivity contribution is -0.0938. The average molecular weight is 276 g/mol. The summed E-state index contributed by atoms with van der Waals surface area (Å²) in [6, 6.07) is 0. The lowest BCUT2D eigenvalue weighted by Crippen LogP contribution is -2.42. The fourth-order valence-corrected chi connectivity index (χ4v) is 2.36. The summed E-state index contributed by atoms with van der Waals surface area (Å²) >= 11 is 0. The molecule has 19 heavy (non-hydrogen) atoms. The molecule has 0 amide bonds. The second kappa shape index (κ2) is 9.66. The Morgan fingerprint density at radius 1 is 1.21 bits per heavy atom. The molecule has 4 atom stereocenters. The highest BCUT2D eigenvalue weighted by Gasteiger charge is 2.40. The molecule has 0 unspecified atom stereocenters. The minimum Gasteiger partial charge on any atom is -0.394 e. The number of unbranched alkanes of at least 4 members (excludes halogenated alkanes) is 5. The van der Waals surface area contributed by atoms with Gasteiger partial charge in [-0.3, -0.25) is 0 Å². The molecule has 1 heterocycles. The van der Waals surface area contributed by atoms with E-state index >= 15 is 0 Å². The fraction of sp³-hybridized carbons (Fsp3) is 1.00. The maximum Gasteiger partial charge on any atom is 0.114 e. The zero-order valence-corrected chi connectivity index (χ0v) is 11.8. The van der Waals surface area contributed by atoms with Gasteiger partial charge in [0.2, 0.25) is 0 Å². The van der Waals surface area contributed by atoms with Gasteiger partial charge in [-0.15, -0.1) is 0 Å². The van der Waals surface area contributed by atoms with Crippen LogP contribution in [0.3, 0.4) is 0 Å². The smallest absolute Gasteiger partial charge is 0.114 e. The molecule has 0 aromatic heterocycles. The quantitative estimate of drug-likeness (QED) is 0.515. The fourth-order valence-electron chi connectivity index (χ4n) is 2.36. The van der Waals surface area contributed by atoms with E-state index in [0.29, 0.717) is 6.61 Å². The summed E-state index contributed by atoms with van der Waals surface area (Å²) in [5.74, 6) is 0. The third kappa shape index (κ3) is 5.75. The van der Waals surface area contributed by atoms with E-state index in [9.17, 15) is 10.2 Å². The summed E-state index contributed by atoms with van der Waals surface area (Å²) in [5, 5.41) is 28.2. The van der Waals surface area contributed by atoms with Gasteiger partial charge in [0.25, 0.3) is 0 Å². The van der Waals surface area contributed by atoms with Crippen LogP contribution < -0.4 is 0 Å². The topological polar surface area (TPSA) is 79.2 Å². The Kier molecular flexibility index (Phi) is 8.57. The van der Waals surface area contributed by atoms with Gasteiger partial charge in [-0.25, -0.2) is 0 Å². The molecule has 0 radical (unpaired) electrons. The molecule has 0 aromatic rings. The first kappa shape index (κ1) is 16.9. The highest BCUT2D eigenvalue weighted by molar-refractivity contribution is 4.89. The SMILES string of the molecule is CCCCCCCCO[C@@H]1[C@H]([C@H](O)CO)OC[C@@H]1O. The van der Waals surface area contributed by atoms with Crippen molar-refractivity contribution in [2.75, 3.05) is 19.8 Å². The van der Waals surface area contributed by atoms with Gasteiger partial charge in [-0.05, 0) is 6.42 Å².